The van der Waals surface area contributed by atoms with Crippen LogP contribution in [-0.2, 0) is 32.7 Å². The van der Waals surface area contributed by atoms with Gasteiger partial charge in [-0.1, -0.05) is 159 Å². The molecule has 0 aromatic rings. The molecule has 0 bridgehead atoms. The van der Waals surface area contributed by atoms with E-state index in [-0.39, 0.29) is 32.6 Å². The molecule has 0 spiro atoms. The minimum Gasteiger partial charge on any atom is -0.462 e. The fraction of sp³-hybridized carbons (Fsp3) is 0.805. The van der Waals surface area contributed by atoms with Crippen LogP contribution in [0.2, 0.25) is 0 Å². The van der Waals surface area contributed by atoms with Crippen LogP contribution in [0.4, 0.5) is 0 Å². The molecule has 0 aliphatic heterocycles. The van der Waals surface area contributed by atoms with E-state index >= 15 is 0 Å². The molecule has 2 atom stereocenters. The van der Waals surface area contributed by atoms with Crippen LogP contribution >= 0.6 is 7.82 Å². The number of ether oxygens (including phenoxy) is 2. The molecule has 9 nitrogen and oxygen atoms in total. The lowest BCUT2D eigenvalue weighted by Crippen LogP contribution is -2.29. The zero-order chi connectivity index (χ0) is 37.5. The Kier molecular flexibility index (Phi) is 36.7. The van der Waals surface area contributed by atoms with Crippen LogP contribution in [0.3, 0.4) is 0 Å². The zero-order valence-electron chi connectivity index (χ0n) is 32.6. The van der Waals surface area contributed by atoms with Gasteiger partial charge in [0.2, 0.25) is 0 Å². The van der Waals surface area contributed by atoms with Crippen LogP contribution in [0.1, 0.15) is 181 Å². The first-order chi connectivity index (χ1) is 24.8. The number of hydrogen-bond acceptors (Lipinski definition) is 8. The van der Waals surface area contributed by atoms with Gasteiger partial charge < -0.3 is 20.1 Å². The van der Waals surface area contributed by atoms with Gasteiger partial charge in [-0.25, -0.2) is 4.57 Å². The second-order valence-corrected chi connectivity index (χ2v) is 15.0. The minimum absolute atomic E-state index is 0.0462. The van der Waals surface area contributed by atoms with Crippen molar-refractivity contribution in [3.05, 3.63) is 36.5 Å². The quantitative estimate of drug-likeness (QED) is 0.0274. The van der Waals surface area contributed by atoms with Crippen LogP contribution in [0.5, 0.6) is 0 Å². The Balaban J connectivity index is 4.27. The molecule has 0 rings (SSSR count). The van der Waals surface area contributed by atoms with Crippen molar-refractivity contribution in [2.75, 3.05) is 26.4 Å². The largest absolute Gasteiger partial charge is 0.472 e. The highest BCUT2D eigenvalue weighted by atomic mass is 31.2. The van der Waals surface area contributed by atoms with Gasteiger partial charge in [-0.15, -0.1) is 0 Å². The molecule has 0 radical (unpaired) electrons. The van der Waals surface area contributed by atoms with E-state index in [4.69, 9.17) is 24.3 Å². The van der Waals surface area contributed by atoms with Gasteiger partial charge in [-0.05, 0) is 44.9 Å². The molecule has 10 heteroatoms. The number of phosphoric acid groups is 1. The van der Waals surface area contributed by atoms with E-state index in [2.05, 4.69) is 44.2 Å². The van der Waals surface area contributed by atoms with Crippen molar-refractivity contribution in [3.8, 4) is 0 Å². The van der Waals surface area contributed by atoms with Gasteiger partial charge in [0.15, 0.2) is 6.10 Å². The van der Waals surface area contributed by atoms with Crippen molar-refractivity contribution < 1.29 is 37.6 Å². The molecule has 0 aromatic heterocycles. The summed E-state index contributed by atoms with van der Waals surface area (Å²) in [6.45, 7) is 3.66. The lowest BCUT2D eigenvalue weighted by atomic mass is 10.0. The van der Waals surface area contributed by atoms with Crippen molar-refractivity contribution in [1.82, 2.24) is 0 Å². The summed E-state index contributed by atoms with van der Waals surface area (Å²) in [5.41, 5.74) is 5.33. The molecule has 51 heavy (non-hydrogen) atoms. The van der Waals surface area contributed by atoms with Crippen LogP contribution < -0.4 is 5.73 Å². The van der Waals surface area contributed by atoms with E-state index in [1.807, 2.05) is 6.08 Å². The summed E-state index contributed by atoms with van der Waals surface area (Å²) in [5.74, 6) is -0.887. The number of carbonyl (C=O) groups is 2. The van der Waals surface area contributed by atoms with Crippen LogP contribution in [0.25, 0.3) is 0 Å². The second kappa shape index (κ2) is 38.0. The number of hydrogen-bond donors (Lipinski definition) is 2. The van der Waals surface area contributed by atoms with E-state index in [1.54, 1.807) is 0 Å². The summed E-state index contributed by atoms with van der Waals surface area (Å²) in [7, 11) is -4.38. The van der Waals surface area contributed by atoms with E-state index in [0.29, 0.717) is 6.42 Å². The van der Waals surface area contributed by atoms with Gasteiger partial charge in [-0.2, -0.15) is 0 Å². The molecule has 0 fully saturated rings. The van der Waals surface area contributed by atoms with Crippen LogP contribution in [-0.4, -0.2) is 49.3 Å². The Labute approximate surface area is 312 Å². The number of esters is 2. The normalized spacial score (nSPS) is 13.7. The molecular weight excluding hydrogens is 665 g/mol. The lowest BCUT2D eigenvalue weighted by Gasteiger charge is -2.19. The molecular formula is C41H76NO8P. The average Bonchev–Trinajstić information content (AvgIpc) is 3.11. The summed E-state index contributed by atoms with van der Waals surface area (Å²) in [6.07, 6.45) is 40.4. The number of unbranched alkanes of at least 4 members (excludes halogenated alkanes) is 19. The Hall–Kier alpha value is -1.77. The van der Waals surface area contributed by atoms with Crippen molar-refractivity contribution >= 4 is 19.8 Å². The summed E-state index contributed by atoms with van der Waals surface area (Å²) in [5, 5.41) is 0. The zero-order valence-corrected chi connectivity index (χ0v) is 33.5. The van der Waals surface area contributed by atoms with Gasteiger partial charge in [-0.3, -0.25) is 18.6 Å². The van der Waals surface area contributed by atoms with Crippen molar-refractivity contribution in [2.45, 2.75) is 187 Å². The van der Waals surface area contributed by atoms with Gasteiger partial charge in [0.25, 0.3) is 0 Å². The highest BCUT2D eigenvalue weighted by Gasteiger charge is 2.25. The maximum absolute atomic E-state index is 12.5. The maximum atomic E-state index is 12.5. The Morgan fingerprint density at radius 3 is 1.57 bits per heavy atom. The predicted molar refractivity (Wildman–Crippen MR) is 210 cm³/mol. The number of carbonyl (C=O) groups excluding carboxylic acids is 2. The summed E-state index contributed by atoms with van der Waals surface area (Å²) >= 11 is 0. The summed E-state index contributed by atoms with van der Waals surface area (Å²) in [6, 6.07) is 0. The van der Waals surface area contributed by atoms with Crippen LogP contribution in [0, 0.1) is 0 Å². The molecule has 0 aromatic carbocycles. The number of rotatable bonds is 38. The lowest BCUT2D eigenvalue weighted by molar-refractivity contribution is -0.161. The minimum atomic E-state index is -4.38. The van der Waals surface area contributed by atoms with E-state index in [1.165, 1.54) is 103 Å². The highest BCUT2D eigenvalue weighted by Crippen LogP contribution is 2.43. The number of phosphoric ester groups is 1. The molecule has 0 amide bonds. The highest BCUT2D eigenvalue weighted by molar-refractivity contribution is 7.47. The molecule has 0 aliphatic rings. The Morgan fingerprint density at radius 1 is 0.588 bits per heavy atom. The molecule has 0 heterocycles. The Bertz CT molecular complexity index is 939. The van der Waals surface area contributed by atoms with Gasteiger partial charge in [0.1, 0.15) is 6.61 Å². The molecule has 298 valence electrons. The van der Waals surface area contributed by atoms with Gasteiger partial charge in [0, 0.05) is 19.4 Å². The van der Waals surface area contributed by atoms with Crippen molar-refractivity contribution in [2.24, 2.45) is 5.73 Å². The number of allylic oxidation sites excluding steroid dienone is 6. The van der Waals surface area contributed by atoms with Crippen LogP contribution in [0.15, 0.2) is 36.5 Å². The molecule has 1 unspecified atom stereocenters. The molecule has 0 saturated heterocycles. The monoisotopic (exact) mass is 742 g/mol. The van der Waals surface area contributed by atoms with Crippen molar-refractivity contribution in [3.63, 3.8) is 0 Å². The SMILES string of the molecule is CCCCCCCC/C=C\C/C=C\C/C=C\CCCC(=O)O[C@H](COC(=O)CCCCCCCCCCCCCCC)COP(=O)(O)OCCN. The fourth-order valence-electron chi connectivity index (χ4n) is 5.47. The fourth-order valence-corrected chi connectivity index (χ4v) is 6.24. The third-order valence-corrected chi connectivity index (χ3v) is 9.51. The third kappa shape index (κ3) is 37.8. The second-order valence-electron chi connectivity index (χ2n) is 13.5. The predicted octanol–water partition coefficient (Wildman–Crippen LogP) is 11.4. The first-order valence-corrected chi connectivity index (χ1v) is 22.0. The smallest absolute Gasteiger partial charge is 0.462 e. The summed E-state index contributed by atoms with van der Waals surface area (Å²) in [4.78, 5) is 34.7. The molecule has 3 N–H and O–H groups in total. The topological polar surface area (TPSA) is 134 Å². The van der Waals surface area contributed by atoms with Gasteiger partial charge >= 0.3 is 19.8 Å². The van der Waals surface area contributed by atoms with E-state index < -0.39 is 32.5 Å². The average molecular weight is 742 g/mol. The van der Waals surface area contributed by atoms with Gasteiger partial charge in [0.05, 0.1) is 13.2 Å². The number of nitrogens with two attached hydrogens (primary N) is 1. The first kappa shape index (κ1) is 49.2. The molecule has 0 aliphatic carbocycles. The maximum Gasteiger partial charge on any atom is 0.472 e. The van der Waals surface area contributed by atoms with E-state index in [0.717, 1.165) is 44.9 Å². The standard InChI is InChI=1S/C41H76NO8P/c1-3-5-7-9-11-13-15-17-18-19-20-22-24-26-28-30-32-34-41(44)50-39(38-49-51(45,46)48-36-35-42)37-47-40(43)33-31-29-27-25-23-21-16-14-12-10-8-6-4-2/h17-18,20,22,26,28,39H,3-16,19,21,23-25,27,29-38,42H2,1-2H3,(H,45,46)/b18-17-,22-20-,28-26-/t39-/m1/s1. The third-order valence-electron chi connectivity index (χ3n) is 8.53. The Morgan fingerprint density at radius 2 is 1.04 bits per heavy atom. The first-order valence-electron chi connectivity index (χ1n) is 20.5. The van der Waals surface area contributed by atoms with Crippen molar-refractivity contribution in [1.29, 1.82) is 0 Å². The van der Waals surface area contributed by atoms with E-state index in [9.17, 15) is 19.0 Å². The summed E-state index contributed by atoms with van der Waals surface area (Å²) < 4.78 is 32.6. The molecule has 0 saturated carbocycles.